The van der Waals surface area contributed by atoms with E-state index in [9.17, 15) is 9.70 Å². The number of halogens is 2. The molecule has 0 spiro atoms. The van der Waals surface area contributed by atoms with Crippen molar-refractivity contribution in [3.63, 3.8) is 0 Å². The summed E-state index contributed by atoms with van der Waals surface area (Å²) in [6.45, 7) is 1.77. The third-order valence-electron chi connectivity index (χ3n) is 4.48. The molecule has 1 aliphatic rings. The van der Waals surface area contributed by atoms with Crippen LogP contribution in [0.5, 0.6) is 5.75 Å². The van der Waals surface area contributed by atoms with E-state index in [1.807, 2.05) is 0 Å². The highest BCUT2D eigenvalue weighted by Gasteiger charge is 2.26. The predicted octanol–water partition coefficient (Wildman–Crippen LogP) is 4.40. The number of benzene rings is 2. The summed E-state index contributed by atoms with van der Waals surface area (Å²) in [6, 6.07) is 11.3. The quantitative estimate of drug-likeness (QED) is 0.674. The number of urea groups is 1. The monoisotopic (exact) mass is 423 g/mol. The standard InChI is InChI=1S/C19H20Cl2N4O3/c20-17-6-3-14(11-18(17)21)25(27)12-24-9-7-16(8-10-24)28-15-4-1-13(2-5-15)23-19(22)26/h1-6,11,16H,7-10,12H2,(H2-,22,23,26)/p+1. The third kappa shape index (κ3) is 5.58. The van der Waals surface area contributed by atoms with Crippen LogP contribution in [-0.4, -0.2) is 41.6 Å². The predicted molar refractivity (Wildman–Crippen MR) is 109 cm³/mol. The second kappa shape index (κ2) is 9.23. The van der Waals surface area contributed by atoms with Crippen molar-refractivity contribution in [2.45, 2.75) is 18.9 Å². The molecule has 0 radical (unpaired) electrons. The molecule has 2 aromatic carbocycles. The van der Waals surface area contributed by atoms with Crippen LogP contribution in [0.2, 0.25) is 10.0 Å². The molecule has 9 heteroatoms. The number of hydrogen-bond donors (Lipinski definition) is 2. The first-order valence-corrected chi connectivity index (χ1v) is 9.61. The Morgan fingerprint density at radius 3 is 2.43 bits per heavy atom. The van der Waals surface area contributed by atoms with Gasteiger partial charge >= 0.3 is 6.03 Å². The van der Waals surface area contributed by atoms with E-state index in [0.717, 1.165) is 36.4 Å². The topological polar surface area (TPSA) is 87.7 Å². The Balaban J connectivity index is 1.47. The summed E-state index contributed by atoms with van der Waals surface area (Å²) in [6.07, 6.45) is 1.71. The van der Waals surface area contributed by atoms with Crippen molar-refractivity contribution in [2.75, 3.05) is 25.1 Å². The first kappa shape index (κ1) is 20.4. The summed E-state index contributed by atoms with van der Waals surface area (Å²) in [5.74, 6) is 0.731. The molecule has 7 nitrogen and oxygen atoms in total. The van der Waals surface area contributed by atoms with Crippen LogP contribution in [0.15, 0.2) is 42.5 Å². The van der Waals surface area contributed by atoms with E-state index in [4.69, 9.17) is 33.7 Å². The molecule has 1 aliphatic heterocycles. The summed E-state index contributed by atoms with van der Waals surface area (Å²) in [5, 5.41) is 3.30. The SMILES string of the molecule is NC(=O)Nc1ccc(OC2CCN(C[N+](=O)c3ccc(Cl)c(Cl)c3)CC2)cc1. The zero-order valence-electron chi connectivity index (χ0n) is 15.1. The number of ether oxygens (including phenoxy) is 1. The highest BCUT2D eigenvalue weighted by atomic mass is 35.5. The lowest BCUT2D eigenvalue weighted by Gasteiger charge is -2.29. The lowest BCUT2D eigenvalue weighted by atomic mass is 10.1. The molecule has 1 heterocycles. The van der Waals surface area contributed by atoms with E-state index in [1.165, 1.54) is 0 Å². The van der Waals surface area contributed by atoms with E-state index in [2.05, 4.69) is 10.2 Å². The molecular weight excluding hydrogens is 403 g/mol. The molecule has 3 N–H and O–H groups in total. The van der Waals surface area contributed by atoms with Crippen molar-refractivity contribution in [1.29, 1.82) is 0 Å². The average molecular weight is 424 g/mol. The van der Waals surface area contributed by atoms with Crippen LogP contribution in [0, 0.1) is 4.91 Å². The molecule has 2 amide bonds. The van der Waals surface area contributed by atoms with Gasteiger partial charge in [0.25, 0.3) is 12.4 Å². The molecular formula is C19H21Cl2N4O3+. The average Bonchev–Trinajstić information content (AvgIpc) is 2.66. The lowest BCUT2D eigenvalue weighted by Crippen LogP contribution is -2.40. The first-order chi connectivity index (χ1) is 13.4. The van der Waals surface area contributed by atoms with Crippen LogP contribution in [0.25, 0.3) is 0 Å². The van der Waals surface area contributed by atoms with Crippen LogP contribution in [0.4, 0.5) is 16.2 Å². The fraction of sp³-hybridized carbons (Fsp3) is 0.316. The van der Waals surface area contributed by atoms with Crippen molar-refractivity contribution in [3.8, 4) is 5.75 Å². The number of nitrogens with zero attached hydrogens (tertiary/aromatic N) is 2. The van der Waals surface area contributed by atoms with Crippen molar-refractivity contribution >= 4 is 40.6 Å². The van der Waals surface area contributed by atoms with Crippen molar-refractivity contribution in [2.24, 2.45) is 5.73 Å². The van der Waals surface area contributed by atoms with Crippen LogP contribution >= 0.6 is 23.2 Å². The van der Waals surface area contributed by atoms with Gasteiger partial charge in [0.2, 0.25) is 0 Å². The van der Waals surface area contributed by atoms with E-state index in [0.29, 0.717) is 21.4 Å². The lowest BCUT2D eigenvalue weighted by molar-refractivity contribution is -0.489. The van der Waals surface area contributed by atoms with Gasteiger partial charge in [0, 0.05) is 35.8 Å². The van der Waals surface area contributed by atoms with Gasteiger partial charge in [-0.2, -0.15) is 0 Å². The van der Waals surface area contributed by atoms with Gasteiger partial charge < -0.3 is 15.8 Å². The maximum absolute atomic E-state index is 12.4. The van der Waals surface area contributed by atoms with E-state index in [-0.39, 0.29) is 12.8 Å². The first-order valence-electron chi connectivity index (χ1n) is 8.86. The van der Waals surface area contributed by atoms with Gasteiger partial charge in [0.1, 0.15) is 11.9 Å². The van der Waals surface area contributed by atoms with Gasteiger partial charge in [-0.25, -0.2) is 9.69 Å². The van der Waals surface area contributed by atoms with Gasteiger partial charge in [-0.1, -0.05) is 23.2 Å². The fourth-order valence-corrected chi connectivity index (χ4v) is 3.32. The van der Waals surface area contributed by atoms with Crippen LogP contribution in [0.3, 0.4) is 0 Å². The molecule has 2 aromatic rings. The number of amides is 2. The molecule has 0 unspecified atom stereocenters. The number of carbonyl (C=O) groups is 1. The van der Waals surface area contributed by atoms with Gasteiger partial charge in [-0.05, 0) is 43.2 Å². The number of piperidine rings is 1. The molecule has 0 saturated carbocycles. The Hall–Kier alpha value is -2.35. The largest absolute Gasteiger partial charge is 0.490 e. The minimum absolute atomic E-state index is 0.0799. The van der Waals surface area contributed by atoms with Gasteiger partial charge in [0.15, 0.2) is 0 Å². The Labute approximate surface area is 172 Å². The van der Waals surface area contributed by atoms with Crippen LogP contribution < -0.4 is 15.8 Å². The number of likely N-dealkylation sites (tertiary alicyclic amines) is 1. The highest BCUT2D eigenvalue weighted by molar-refractivity contribution is 6.42. The summed E-state index contributed by atoms with van der Waals surface area (Å²) in [4.78, 5) is 25.3. The maximum atomic E-state index is 12.4. The summed E-state index contributed by atoms with van der Waals surface area (Å²) >= 11 is 11.9. The smallest absolute Gasteiger partial charge is 0.316 e. The molecule has 3 rings (SSSR count). The Kier molecular flexibility index (Phi) is 6.72. The second-order valence-electron chi connectivity index (χ2n) is 6.57. The third-order valence-corrected chi connectivity index (χ3v) is 5.22. The number of nitroso groups, excluding NO2 is 1. The molecule has 0 aliphatic carbocycles. The van der Waals surface area contributed by atoms with E-state index in [1.54, 1.807) is 42.5 Å². The van der Waals surface area contributed by atoms with Crippen molar-refractivity contribution < 1.29 is 14.3 Å². The molecule has 1 saturated heterocycles. The zero-order valence-corrected chi connectivity index (χ0v) is 16.6. The number of rotatable bonds is 6. The summed E-state index contributed by atoms with van der Waals surface area (Å²) in [5.41, 5.74) is 6.19. The molecule has 0 atom stereocenters. The van der Waals surface area contributed by atoms with Gasteiger partial charge in [-0.3, -0.25) is 0 Å². The number of nitrogens with one attached hydrogen (secondary N) is 1. The van der Waals surface area contributed by atoms with Gasteiger partial charge in [-0.15, -0.1) is 0 Å². The summed E-state index contributed by atoms with van der Waals surface area (Å²) in [7, 11) is 0. The van der Waals surface area contributed by atoms with Gasteiger partial charge in [0.05, 0.1) is 14.8 Å². The minimum atomic E-state index is -0.602. The Bertz CT molecular complexity index is 853. The minimum Gasteiger partial charge on any atom is -0.490 e. The molecule has 1 fully saturated rings. The van der Waals surface area contributed by atoms with Crippen molar-refractivity contribution in [3.05, 3.63) is 57.4 Å². The Morgan fingerprint density at radius 1 is 1.14 bits per heavy atom. The van der Waals surface area contributed by atoms with Crippen LogP contribution in [0.1, 0.15) is 12.8 Å². The fourth-order valence-electron chi connectivity index (χ4n) is 3.02. The highest BCUT2D eigenvalue weighted by Crippen LogP contribution is 2.27. The number of nitrogens with two attached hydrogens (primary N) is 1. The maximum Gasteiger partial charge on any atom is 0.316 e. The van der Waals surface area contributed by atoms with Crippen LogP contribution in [-0.2, 0) is 0 Å². The molecule has 28 heavy (non-hydrogen) atoms. The zero-order chi connectivity index (χ0) is 20.1. The molecule has 0 bridgehead atoms. The number of anilines is 1. The second-order valence-corrected chi connectivity index (χ2v) is 7.38. The summed E-state index contributed by atoms with van der Waals surface area (Å²) < 4.78 is 6.90. The van der Waals surface area contributed by atoms with Crippen molar-refractivity contribution in [1.82, 2.24) is 4.90 Å². The molecule has 0 aromatic heterocycles. The normalized spacial score (nSPS) is 15.2. The molecule has 148 valence electrons. The Morgan fingerprint density at radius 2 is 1.82 bits per heavy atom. The van der Waals surface area contributed by atoms with E-state index < -0.39 is 6.03 Å². The number of hydrogen-bond acceptors (Lipinski definition) is 4. The number of carbonyl (C=O) groups excluding carboxylic acids is 1. The number of primary amides is 1. The van der Waals surface area contributed by atoms with E-state index >= 15 is 0 Å².